The number of likely N-dealkylation sites (tertiary alicyclic amines) is 1. The van der Waals surface area contributed by atoms with Crippen molar-refractivity contribution < 1.29 is 9.53 Å². The number of carbonyl (C=O) groups is 1. The number of nitrogens with zero attached hydrogens (tertiary/aromatic N) is 1. The Bertz CT molecular complexity index is 223. The minimum Gasteiger partial charge on any atom is -0.383 e. The fourth-order valence-corrected chi connectivity index (χ4v) is 2.04. The van der Waals surface area contributed by atoms with Crippen LogP contribution in [0.5, 0.6) is 0 Å². The predicted octanol–water partition coefficient (Wildman–Crippen LogP) is -0.439. The molecule has 1 heterocycles. The lowest BCUT2D eigenvalue weighted by Crippen LogP contribution is -2.45. The number of methoxy groups -OCH3 is 1. The summed E-state index contributed by atoms with van der Waals surface area (Å²) >= 11 is 0. The summed E-state index contributed by atoms with van der Waals surface area (Å²) in [5, 5.41) is 3.36. The molecular formula is C11H23N3O2. The van der Waals surface area contributed by atoms with Crippen molar-refractivity contribution in [1.82, 2.24) is 10.2 Å². The summed E-state index contributed by atoms with van der Waals surface area (Å²) in [5.74, 6) is 0.189. The number of nitrogens with two attached hydrogens (primary N) is 1. The summed E-state index contributed by atoms with van der Waals surface area (Å²) in [6.07, 6.45) is 2.80. The summed E-state index contributed by atoms with van der Waals surface area (Å²) in [7, 11) is 3.52. The molecule has 94 valence electrons. The van der Waals surface area contributed by atoms with Gasteiger partial charge in [-0.3, -0.25) is 4.79 Å². The van der Waals surface area contributed by atoms with E-state index in [2.05, 4.69) is 5.32 Å². The van der Waals surface area contributed by atoms with Gasteiger partial charge in [0.25, 0.3) is 0 Å². The molecule has 3 N–H and O–H groups in total. The Hall–Kier alpha value is -0.650. The van der Waals surface area contributed by atoms with Gasteiger partial charge in [-0.25, -0.2) is 0 Å². The average molecular weight is 229 g/mol. The van der Waals surface area contributed by atoms with Crippen molar-refractivity contribution in [2.75, 3.05) is 33.9 Å². The van der Waals surface area contributed by atoms with Gasteiger partial charge in [-0.15, -0.1) is 0 Å². The molecule has 16 heavy (non-hydrogen) atoms. The summed E-state index contributed by atoms with van der Waals surface area (Å²) in [5.41, 5.74) is 5.49. The van der Waals surface area contributed by atoms with E-state index in [4.69, 9.17) is 10.5 Å². The first-order valence-electron chi connectivity index (χ1n) is 5.89. The van der Waals surface area contributed by atoms with Crippen LogP contribution in [0.3, 0.4) is 0 Å². The zero-order valence-electron chi connectivity index (χ0n) is 10.2. The second kappa shape index (κ2) is 6.83. The number of ether oxygens (including phenoxy) is 1. The van der Waals surface area contributed by atoms with Gasteiger partial charge in [0, 0.05) is 26.7 Å². The molecule has 2 unspecified atom stereocenters. The van der Waals surface area contributed by atoms with E-state index in [-0.39, 0.29) is 18.0 Å². The molecule has 1 aliphatic rings. The van der Waals surface area contributed by atoms with E-state index in [0.717, 1.165) is 25.8 Å². The number of rotatable bonds is 7. The number of hydrogen-bond acceptors (Lipinski definition) is 4. The SMILES string of the molecule is COCC(CCCN)NC1CCN(C)C1=O. The van der Waals surface area contributed by atoms with Crippen LogP contribution in [0.2, 0.25) is 0 Å². The lowest BCUT2D eigenvalue weighted by molar-refractivity contribution is -0.128. The molecule has 0 bridgehead atoms. The quantitative estimate of drug-likeness (QED) is 0.621. The molecule has 0 aliphatic carbocycles. The van der Waals surface area contributed by atoms with Crippen LogP contribution in [0.4, 0.5) is 0 Å². The van der Waals surface area contributed by atoms with Crippen molar-refractivity contribution in [3.05, 3.63) is 0 Å². The molecule has 2 atom stereocenters. The first-order valence-corrected chi connectivity index (χ1v) is 5.89. The van der Waals surface area contributed by atoms with Gasteiger partial charge >= 0.3 is 0 Å². The Morgan fingerprint density at radius 1 is 1.69 bits per heavy atom. The van der Waals surface area contributed by atoms with E-state index in [1.807, 2.05) is 7.05 Å². The molecule has 1 aliphatic heterocycles. The molecule has 5 nitrogen and oxygen atoms in total. The minimum absolute atomic E-state index is 0.0390. The topological polar surface area (TPSA) is 67.6 Å². The third-order valence-corrected chi connectivity index (χ3v) is 2.99. The first kappa shape index (κ1) is 13.4. The summed E-state index contributed by atoms with van der Waals surface area (Å²) in [6.45, 7) is 2.15. The lowest BCUT2D eigenvalue weighted by Gasteiger charge is -2.21. The third-order valence-electron chi connectivity index (χ3n) is 2.99. The van der Waals surface area contributed by atoms with E-state index in [1.165, 1.54) is 0 Å². The molecule has 1 fully saturated rings. The molecule has 0 aromatic carbocycles. The highest BCUT2D eigenvalue weighted by atomic mass is 16.5. The van der Waals surface area contributed by atoms with Crippen molar-refractivity contribution in [3.63, 3.8) is 0 Å². The van der Waals surface area contributed by atoms with Gasteiger partial charge in [-0.1, -0.05) is 0 Å². The van der Waals surface area contributed by atoms with Crippen LogP contribution in [-0.4, -0.2) is 56.7 Å². The fourth-order valence-electron chi connectivity index (χ4n) is 2.04. The van der Waals surface area contributed by atoms with Gasteiger partial charge in [0.2, 0.25) is 5.91 Å². The number of likely N-dealkylation sites (N-methyl/N-ethyl adjacent to an activating group) is 1. The largest absolute Gasteiger partial charge is 0.383 e. The second-order valence-electron chi connectivity index (χ2n) is 4.35. The Morgan fingerprint density at radius 2 is 2.44 bits per heavy atom. The van der Waals surface area contributed by atoms with Crippen LogP contribution in [0.1, 0.15) is 19.3 Å². The zero-order chi connectivity index (χ0) is 12.0. The highest BCUT2D eigenvalue weighted by molar-refractivity contribution is 5.83. The number of carbonyl (C=O) groups excluding carboxylic acids is 1. The normalized spacial score (nSPS) is 22.8. The number of amides is 1. The molecular weight excluding hydrogens is 206 g/mol. The Kier molecular flexibility index (Phi) is 5.73. The monoisotopic (exact) mass is 229 g/mol. The van der Waals surface area contributed by atoms with Gasteiger partial charge in [0.1, 0.15) is 0 Å². The van der Waals surface area contributed by atoms with E-state index < -0.39 is 0 Å². The Balaban J connectivity index is 2.38. The van der Waals surface area contributed by atoms with E-state index in [0.29, 0.717) is 13.2 Å². The van der Waals surface area contributed by atoms with Crippen LogP contribution >= 0.6 is 0 Å². The third kappa shape index (κ3) is 3.73. The number of hydrogen-bond donors (Lipinski definition) is 2. The van der Waals surface area contributed by atoms with Crippen LogP contribution in [0.25, 0.3) is 0 Å². The van der Waals surface area contributed by atoms with Gasteiger partial charge in [-0.05, 0) is 25.8 Å². The molecule has 1 saturated heterocycles. The highest BCUT2D eigenvalue weighted by Gasteiger charge is 2.30. The first-order chi connectivity index (χ1) is 7.69. The van der Waals surface area contributed by atoms with Crippen LogP contribution in [0.15, 0.2) is 0 Å². The average Bonchev–Trinajstić information content (AvgIpc) is 2.58. The predicted molar refractivity (Wildman–Crippen MR) is 63.1 cm³/mol. The maximum absolute atomic E-state index is 11.7. The molecule has 5 heteroatoms. The molecule has 1 amide bonds. The molecule has 0 aromatic heterocycles. The van der Waals surface area contributed by atoms with Crippen molar-refractivity contribution in [3.8, 4) is 0 Å². The standard InChI is InChI=1S/C11H23N3O2/c1-14-7-5-10(11(14)15)13-9(8-16-2)4-3-6-12/h9-10,13H,3-8,12H2,1-2H3. The summed E-state index contributed by atoms with van der Waals surface area (Å²) in [4.78, 5) is 13.5. The maximum atomic E-state index is 11.7. The molecule has 0 aromatic rings. The molecule has 1 rings (SSSR count). The van der Waals surface area contributed by atoms with Gasteiger partial charge in [0.15, 0.2) is 0 Å². The van der Waals surface area contributed by atoms with Gasteiger partial charge in [-0.2, -0.15) is 0 Å². The van der Waals surface area contributed by atoms with Crippen molar-refractivity contribution >= 4 is 5.91 Å². The highest BCUT2D eigenvalue weighted by Crippen LogP contribution is 2.10. The smallest absolute Gasteiger partial charge is 0.239 e. The fraction of sp³-hybridized carbons (Fsp3) is 0.909. The van der Waals surface area contributed by atoms with Gasteiger partial charge in [0.05, 0.1) is 12.6 Å². The number of nitrogens with one attached hydrogen (secondary N) is 1. The minimum atomic E-state index is -0.0390. The van der Waals surface area contributed by atoms with E-state index in [9.17, 15) is 4.79 Å². The lowest BCUT2D eigenvalue weighted by atomic mass is 10.1. The van der Waals surface area contributed by atoms with Crippen molar-refractivity contribution in [1.29, 1.82) is 0 Å². The maximum Gasteiger partial charge on any atom is 0.239 e. The van der Waals surface area contributed by atoms with Crippen LogP contribution in [-0.2, 0) is 9.53 Å². The van der Waals surface area contributed by atoms with Crippen LogP contribution in [0, 0.1) is 0 Å². The van der Waals surface area contributed by atoms with E-state index in [1.54, 1.807) is 12.0 Å². The van der Waals surface area contributed by atoms with Crippen LogP contribution < -0.4 is 11.1 Å². The second-order valence-corrected chi connectivity index (χ2v) is 4.35. The summed E-state index contributed by atoms with van der Waals surface area (Å²) in [6, 6.07) is 0.192. The summed E-state index contributed by atoms with van der Waals surface area (Å²) < 4.78 is 5.15. The van der Waals surface area contributed by atoms with E-state index >= 15 is 0 Å². The Morgan fingerprint density at radius 3 is 2.94 bits per heavy atom. The molecule has 0 spiro atoms. The molecule has 0 saturated carbocycles. The van der Waals surface area contributed by atoms with Crippen molar-refractivity contribution in [2.45, 2.75) is 31.3 Å². The van der Waals surface area contributed by atoms with Gasteiger partial charge < -0.3 is 20.7 Å². The zero-order valence-corrected chi connectivity index (χ0v) is 10.2. The van der Waals surface area contributed by atoms with Crippen molar-refractivity contribution in [2.24, 2.45) is 5.73 Å². The Labute approximate surface area is 97.3 Å². The molecule has 0 radical (unpaired) electrons.